The minimum Gasteiger partial charge on any atom is -0.506 e. The van der Waals surface area contributed by atoms with Gasteiger partial charge < -0.3 is 14.5 Å². The zero-order valence-electron chi connectivity index (χ0n) is 14.9. The fourth-order valence-electron chi connectivity index (χ4n) is 3.33. The average Bonchev–Trinajstić information content (AvgIpc) is 3.10. The zero-order chi connectivity index (χ0) is 18.6. The van der Waals surface area contributed by atoms with Crippen molar-refractivity contribution in [3.8, 4) is 5.75 Å². The van der Waals surface area contributed by atoms with Crippen molar-refractivity contribution >= 4 is 5.69 Å². The van der Waals surface area contributed by atoms with Gasteiger partial charge in [0.2, 0.25) is 5.89 Å². The fourth-order valence-corrected chi connectivity index (χ4v) is 3.33. The normalized spacial score (nSPS) is 15.2. The molecule has 140 valence electrons. The van der Waals surface area contributed by atoms with Gasteiger partial charge in [-0.25, -0.2) is 4.39 Å². The monoisotopic (exact) mass is 368 g/mol. The van der Waals surface area contributed by atoms with Crippen molar-refractivity contribution in [2.45, 2.75) is 13.0 Å². The molecule has 3 aromatic rings. The highest BCUT2D eigenvalue weighted by Gasteiger charge is 2.21. The van der Waals surface area contributed by atoms with Crippen LogP contribution >= 0.6 is 0 Å². The summed E-state index contributed by atoms with van der Waals surface area (Å²) in [6, 6.07) is 13.8. The van der Waals surface area contributed by atoms with E-state index in [4.69, 9.17) is 4.52 Å². The molecule has 1 N–H and O–H groups in total. The van der Waals surface area contributed by atoms with E-state index in [1.54, 1.807) is 12.1 Å². The van der Waals surface area contributed by atoms with Gasteiger partial charge in [0.1, 0.15) is 11.6 Å². The number of anilines is 1. The molecule has 6 nitrogen and oxygen atoms in total. The fraction of sp³-hybridized carbons (Fsp3) is 0.300. The van der Waals surface area contributed by atoms with Crippen molar-refractivity contribution in [2.24, 2.45) is 0 Å². The van der Waals surface area contributed by atoms with Crippen molar-refractivity contribution in [3.05, 3.63) is 71.6 Å². The van der Waals surface area contributed by atoms with Gasteiger partial charge in [-0.1, -0.05) is 29.4 Å². The standard InChI is InChI=1S/C20H21FN4O2/c21-16-5-3-4-15(12-16)13-19-22-20(27-23-19)14-24-8-10-25(11-9-24)17-6-1-2-7-18(17)26/h1-7,12,26H,8-11,13-14H2. The first kappa shape index (κ1) is 17.5. The third-order valence-corrected chi connectivity index (χ3v) is 4.71. The molecule has 1 aliphatic heterocycles. The molecule has 0 spiro atoms. The lowest BCUT2D eigenvalue weighted by atomic mass is 10.1. The lowest BCUT2D eigenvalue weighted by Gasteiger charge is -2.35. The smallest absolute Gasteiger partial charge is 0.240 e. The lowest BCUT2D eigenvalue weighted by molar-refractivity contribution is 0.215. The lowest BCUT2D eigenvalue weighted by Crippen LogP contribution is -2.46. The highest BCUT2D eigenvalue weighted by molar-refractivity contribution is 5.57. The minimum atomic E-state index is -0.265. The van der Waals surface area contributed by atoms with E-state index < -0.39 is 0 Å². The Kier molecular flexibility index (Phi) is 5.02. The molecule has 0 unspecified atom stereocenters. The number of hydrogen-bond donors (Lipinski definition) is 1. The predicted molar refractivity (Wildman–Crippen MR) is 99.1 cm³/mol. The molecule has 0 saturated carbocycles. The quantitative estimate of drug-likeness (QED) is 0.747. The van der Waals surface area contributed by atoms with Crippen molar-refractivity contribution in [3.63, 3.8) is 0 Å². The Morgan fingerprint density at radius 3 is 2.63 bits per heavy atom. The van der Waals surface area contributed by atoms with E-state index in [2.05, 4.69) is 19.9 Å². The molecule has 0 radical (unpaired) electrons. The Morgan fingerprint density at radius 2 is 1.85 bits per heavy atom. The summed E-state index contributed by atoms with van der Waals surface area (Å²) in [7, 11) is 0. The largest absolute Gasteiger partial charge is 0.506 e. The van der Waals surface area contributed by atoms with Gasteiger partial charge in [-0.2, -0.15) is 4.98 Å². The summed E-state index contributed by atoms with van der Waals surface area (Å²) < 4.78 is 18.6. The summed E-state index contributed by atoms with van der Waals surface area (Å²) in [5.74, 6) is 1.17. The number of benzene rings is 2. The van der Waals surface area contributed by atoms with E-state index >= 15 is 0 Å². The maximum atomic E-state index is 13.3. The first-order valence-corrected chi connectivity index (χ1v) is 8.98. The highest BCUT2D eigenvalue weighted by atomic mass is 19.1. The van der Waals surface area contributed by atoms with Gasteiger partial charge in [0.25, 0.3) is 0 Å². The minimum absolute atomic E-state index is 0.265. The summed E-state index contributed by atoms with van der Waals surface area (Å²) in [6.45, 7) is 3.92. The number of aromatic hydroxyl groups is 1. The van der Waals surface area contributed by atoms with E-state index in [-0.39, 0.29) is 5.82 Å². The van der Waals surface area contributed by atoms with Crippen molar-refractivity contribution in [2.75, 3.05) is 31.1 Å². The summed E-state index contributed by atoms with van der Waals surface area (Å²) in [5.41, 5.74) is 1.69. The number of aromatic nitrogens is 2. The summed E-state index contributed by atoms with van der Waals surface area (Å²) in [6.07, 6.45) is 0.447. The first-order chi connectivity index (χ1) is 13.2. The molecule has 1 aliphatic rings. The molecular weight excluding hydrogens is 347 g/mol. The Bertz CT molecular complexity index is 906. The second-order valence-corrected chi connectivity index (χ2v) is 6.66. The van der Waals surface area contributed by atoms with E-state index in [9.17, 15) is 9.50 Å². The SMILES string of the molecule is Oc1ccccc1N1CCN(Cc2nc(Cc3cccc(F)c3)no2)CC1. The van der Waals surface area contributed by atoms with E-state index in [0.717, 1.165) is 37.4 Å². The van der Waals surface area contributed by atoms with Gasteiger partial charge >= 0.3 is 0 Å². The number of piperazine rings is 1. The molecule has 0 amide bonds. The Hall–Kier alpha value is -2.93. The van der Waals surface area contributed by atoms with Crippen LogP contribution < -0.4 is 4.90 Å². The average molecular weight is 368 g/mol. The molecule has 0 aliphatic carbocycles. The van der Waals surface area contributed by atoms with E-state index in [1.807, 2.05) is 24.3 Å². The second-order valence-electron chi connectivity index (χ2n) is 6.66. The molecule has 1 saturated heterocycles. The van der Waals surface area contributed by atoms with Crippen LogP contribution in [0.15, 0.2) is 53.1 Å². The summed E-state index contributed by atoms with van der Waals surface area (Å²) in [4.78, 5) is 8.85. The molecule has 0 bridgehead atoms. The van der Waals surface area contributed by atoms with Crippen molar-refractivity contribution in [1.82, 2.24) is 15.0 Å². The van der Waals surface area contributed by atoms with Gasteiger partial charge in [-0.15, -0.1) is 0 Å². The molecule has 2 aromatic carbocycles. The van der Waals surface area contributed by atoms with Crippen LogP contribution in [0, 0.1) is 5.82 Å². The van der Waals surface area contributed by atoms with Gasteiger partial charge in [0, 0.05) is 32.6 Å². The van der Waals surface area contributed by atoms with Crippen LogP contribution in [0.2, 0.25) is 0 Å². The van der Waals surface area contributed by atoms with Gasteiger partial charge in [-0.3, -0.25) is 4.90 Å². The third-order valence-electron chi connectivity index (χ3n) is 4.71. The molecule has 1 fully saturated rings. The van der Waals surface area contributed by atoms with Crippen LogP contribution in [0.25, 0.3) is 0 Å². The third kappa shape index (κ3) is 4.25. The Balaban J connectivity index is 1.32. The zero-order valence-corrected chi connectivity index (χ0v) is 14.9. The molecule has 2 heterocycles. The van der Waals surface area contributed by atoms with Crippen molar-refractivity contribution in [1.29, 1.82) is 0 Å². The van der Waals surface area contributed by atoms with E-state index in [0.29, 0.717) is 30.4 Å². The molecule has 4 rings (SSSR count). The van der Waals surface area contributed by atoms with Crippen LogP contribution in [0.1, 0.15) is 17.3 Å². The second kappa shape index (κ2) is 7.75. The number of para-hydroxylation sites is 2. The van der Waals surface area contributed by atoms with Crippen LogP contribution in [0.4, 0.5) is 10.1 Å². The van der Waals surface area contributed by atoms with Crippen LogP contribution in [0.3, 0.4) is 0 Å². The van der Waals surface area contributed by atoms with Gasteiger partial charge in [0.15, 0.2) is 5.82 Å². The topological polar surface area (TPSA) is 65.6 Å². The summed E-state index contributed by atoms with van der Waals surface area (Å²) in [5, 5.41) is 14.0. The molecule has 0 atom stereocenters. The maximum absolute atomic E-state index is 13.3. The van der Waals surface area contributed by atoms with Crippen LogP contribution in [-0.2, 0) is 13.0 Å². The predicted octanol–water partition coefficient (Wildman–Crippen LogP) is 2.83. The van der Waals surface area contributed by atoms with E-state index in [1.165, 1.54) is 12.1 Å². The Morgan fingerprint density at radius 1 is 1.04 bits per heavy atom. The van der Waals surface area contributed by atoms with Gasteiger partial charge in [0.05, 0.1) is 12.2 Å². The first-order valence-electron chi connectivity index (χ1n) is 8.98. The molecule has 7 heteroatoms. The number of halogens is 1. The van der Waals surface area contributed by atoms with Gasteiger partial charge in [-0.05, 0) is 29.8 Å². The summed E-state index contributed by atoms with van der Waals surface area (Å²) >= 11 is 0. The number of nitrogens with zero attached hydrogens (tertiary/aromatic N) is 4. The number of phenolic OH excluding ortho intramolecular Hbond substituents is 1. The Labute approximate surface area is 156 Å². The van der Waals surface area contributed by atoms with Crippen LogP contribution in [-0.4, -0.2) is 46.3 Å². The maximum Gasteiger partial charge on any atom is 0.240 e. The highest BCUT2D eigenvalue weighted by Crippen LogP contribution is 2.27. The number of phenols is 1. The van der Waals surface area contributed by atoms with Crippen LogP contribution in [0.5, 0.6) is 5.75 Å². The molecular formula is C20H21FN4O2. The number of hydrogen-bond acceptors (Lipinski definition) is 6. The number of rotatable bonds is 5. The molecule has 1 aromatic heterocycles. The molecule has 27 heavy (non-hydrogen) atoms. The van der Waals surface area contributed by atoms with Crippen molar-refractivity contribution < 1.29 is 14.0 Å².